The first-order chi connectivity index (χ1) is 11.0. The molecule has 3 rings (SSSR count). The van der Waals surface area contributed by atoms with Gasteiger partial charge in [0.15, 0.2) is 15.6 Å². The van der Waals surface area contributed by atoms with E-state index < -0.39 is 15.2 Å². The molecular formula is C18H19NO3S. The van der Waals surface area contributed by atoms with Crippen molar-refractivity contribution >= 4 is 15.6 Å². The van der Waals surface area contributed by atoms with Gasteiger partial charge in [0.25, 0.3) is 0 Å². The molecule has 23 heavy (non-hydrogen) atoms. The molecule has 0 amide bonds. The van der Waals surface area contributed by atoms with Gasteiger partial charge in [-0.25, -0.2) is 8.42 Å². The molecule has 2 aromatic carbocycles. The molecule has 2 aromatic rings. The Labute approximate surface area is 136 Å². The Morgan fingerprint density at radius 3 is 2.35 bits per heavy atom. The first kappa shape index (κ1) is 15.9. The monoisotopic (exact) mass is 329 g/mol. The number of ketones is 1. The van der Waals surface area contributed by atoms with Crippen molar-refractivity contribution < 1.29 is 13.2 Å². The molecule has 1 heterocycles. The maximum Gasteiger partial charge on any atom is 0.194 e. The second kappa shape index (κ2) is 6.26. The summed E-state index contributed by atoms with van der Waals surface area (Å²) in [6.45, 7) is 2.36. The van der Waals surface area contributed by atoms with Gasteiger partial charge in [-0.2, -0.15) is 0 Å². The number of nitrogens with one attached hydrogen (secondary N) is 1. The van der Waals surface area contributed by atoms with Crippen LogP contribution >= 0.6 is 0 Å². The molecule has 5 heteroatoms. The minimum Gasteiger partial charge on any atom is -0.300 e. The van der Waals surface area contributed by atoms with Gasteiger partial charge in [0.1, 0.15) is 5.37 Å². The lowest BCUT2D eigenvalue weighted by Crippen LogP contribution is -2.30. The zero-order chi connectivity index (χ0) is 16.4. The summed E-state index contributed by atoms with van der Waals surface area (Å²) in [5, 5.41) is 2.29. The van der Waals surface area contributed by atoms with Crippen LogP contribution in [0.15, 0.2) is 59.5 Å². The fraction of sp³-hybridized carbons (Fsp3) is 0.278. The normalized spacial score (nSPS) is 21.3. The van der Waals surface area contributed by atoms with E-state index in [9.17, 15) is 13.2 Å². The van der Waals surface area contributed by atoms with Gasteiger partial charge in [-0.05, 0) is 25.5 Å². The quantitative estimate of drug-likeness (QED) is 0.876. The second-order valence-corrected chi connectivity index (χ2v) is 8.05. The third-order valence-corrected chi connectivity index (χ3v) is 6.28. The van der Waals surface area contributed by atoms with Crippen LogP contribution in [0.1, 0.15) is 22.3 Å². The van der Waals surface area contributed by atoms with E-state index in [1.807, 2.05) is 19.1 Å². The SMILES string of the molecule is Cc1ccc(C(=O)C2CNC(S(=O)(=O)c3ccccc3)C2)cc1. The molecule has 0 saturated carbocycles. The summed E-state index contributed by atoms with van der Waals surface area (Å²) < 4.78 is 25.2. The number of carbonyl (C=O) groups excluding carboxylic acids is 1. The molecule has 2 atom stereocenters. The van der Waals surface area contributed by atoms with Crippen LogP contribution in [0.4, 0.5) is 0 Å². The van der Waals surface area contributed by atoms with Crippen LogP contribution in [-0.4, -0.2) is 26.1 Å². The van der Waals surface area contributed by atoms with Crippen LogP contribution in [0, 0.1) is 12.8 Å². The zero-order valence-electron chi connectivity index (χ0n) is 12.9. The van der Waals surface area contributed by atoms with E-state index in [2.05, 4.69) is 5.32 Å². The van der Waals surface area contributed by atoms with E-state index in [1.165, 1.54) is 0 Å². The summed E-state index contributed by atoms with van der Waals surface area (Å²) in [6.07, 6.45) is 0.309. The number of sulfone groups is 1. The predicted molar refractivity (Wildman–Crippen MR) is 89.0 cm³/mol. The number of Topliss-reactive ketones (excluding diaryl/α,β-unsaturated/α-hetero) is 1. The average Bonchev–Trinajstić information content (AvgIpc) is 3.06. The standard InChI is InChI=1S/C18H19NO3S/c1-13-7-9-14(10-8-13)18(20)15-11-17(19-12-15)23(21,22)16-5-3-2-4-6-16/h2-10,15,17,19H,11-12H2,1H3. The lowest BCUT2D eigenvalue weighted by atomic mass is 9.96. The minimum atomic E-state index is -3.46. The minimum absolute atomic E-state index is 0.00302. The highest BCUT2D eigenvalue weighted by Gasteiger charge is 2.37. The molecule has 0 aliphatic carbocycles. The smallest absolute Gasteiger partial charge is 0.194 e. The van der Waals surface area contributed by atoms with Crippen molar-refractivity contribution in [1.82, 2.24) is 5.32 Å². The van der Waals surface area contributed by atoms with Crippen LogP contribution in [0.25, 0.3) is 0 Å². The Balaban J connectivity index is 1.76. The van der Waals surface area contributed by atoms with Crippen LogP contribution < -0.4 is 5.32 Å². The van der Waals surface area contributed by atoms with Gasteiger partial charge in [0.2, 0.25) is 0 Å². The maximum atomic E-state index is 12.6. The van der Waals surface area contributed by atoms with Crippen molar-refractivity contribution in [2.45, 2.75) is 23.6 Å². The fourth-order valence-electron chi connectivity index (χ4n) is 2.86. The van der Waals surface area contributed by atoms with Gasteiger partial charge in [0.05, 0.1) is 4.90 Å². The van der Waals surface area contributed by atoms with Gasteiger partial charge in [0, 0.05) is 18.0 Å². The Hall–Kier alpha value is -1.98. The largest absolute Gasteiger partial charge is 0.300 e. The van der Waals surface area contributed by atoms with Crippen molar-refractivity contribution in [2.24, 2.45) is 5.92 Å². The molecule has 1 saturated heterocycles. The highest BCUT2D eigenvalue weighted by atomic mass is 32.2. The van der Waals surface area contributed by atoms with E-state index in [-0.39, 0.29) is 11.7 Å². The third-order valence-electron chi connectivity index (χ3n) is 4.24. The molecule has 0 bridgehead atoms. The molecule has 1 aliphatic rings. The summed E-state index contributed by atoms with van der Waals surface area (Å²) in [5.74, 6) is -0.301. The second-order valence-electron chi connectivity index (χ2n) is 5.92. The number of carbonyl (C=O) groups is 1. The molecule has 0 spiro atoms. The lowest BCUT2D eigenvalue weighted by Gasteiger charge is -2.12. The van der Waals surface area contributed by atoms with Crippen molar-refractivity contribution in [3.8, 4) is 0 Å². The lowest BCUT2D eigenvalue weighted by molar-refractivity contribution is 0.0930. The van der Waals surface area contributed by atoms with Crippen LogP contribution in [0.5, 0.6) is 0 Å². The number of rotatable bonds is 4. The van der Waals surface area contributed by atoms with E-state index >= 15 is 0 Å². The van der Waals surface area contributed by atoms with Crippen molar-refractivity contribution in [3.05, 3.63) is 65.7 Å². The van der Waals surface area contributed by atoms with Crippen molar-refractivity contribution in [1.29, 1.82) is 0 Å². The summed E-state index contributed by atoms with van der Waals surface area (Å²) in [5.41, 5.74) is 1.73. The number of hydrogen-bond donors (Lipinski definition) is 1. The fourth-order valence-corrected chi connectivity index (χ4v) is 4.53. The average molecular weight is 329 g/mol. The Morgan fingerprint density at radius 1 is 1.04 bits per heavy atom. The summed E-state index contributed by atoms with van der Waals surface area (Å²) in [7, 11) is -3.46. The zero-order valence-corrected chi connectivity index (χ0v) is 13.7. The van der Waals surface area contributed by atoms with Gasteiger partial charge in [-0.1, -0.05) is 48.0 Å². The summed E-state index contributed by atoms with van der Waals surface area (Å²) in [6, 6.07) is 15.8. The first-order valence-corrected chi connectivity index (χ1v) is 9.16. The molecule has 1 N–H and O–H groups in total. The molecular weight excluding hydrogens is 310 g/mol. The predicted octanol–water partition coefficient (Wildman–Crippen LogP) is 2.59. The summed E-state index contributed by atoms with van der Waals surface area (Å²) >= 11 is 0. The molecule has 120 valence electrons. The Bertz CT molecular complexity index is 798. The van der Waals surface area contributed by atoms with E-state index in [1.54, 1.807) is 42.5 Å². The van der Waals surface area contributed by atoms with Crippen LogP contribution in [0.3, 0.4) is 0 Å². The van der Waals surface area contributed by atoms with Crippen LogP contribution in [-0.2, 0) is 9.84 Å². The topological polar surface area (TPSA) is 63.2 Å². The number of hydrogen-bond acceptors (Lipinski definition) is 4. The highest BCUT2D eigenvalue weighted by molar-refractivity contribution is 7.92. The van der Waals surface area contributed by atoms with Crippen molar-refractivity contribution in [3.63, 3.8) is 0 Å². The highest BCUT2D eigenvalue weighted by Crippen LogP contribution is 2.26. The summed E-state index contributed by atoms with van der Waals surface area (Å²) in [4.78, 5) is 12.8. The molecule has 0 aromatic heterocycles. The van der Waals surface area contributed by atoms with Crippen molar-refractivity contribution in [2.75, 3.05) is 6.54 Å². The van der Waals surface area contributed by atoms with E-state index in [0.717, 1.165) is 5.56 Å². The van der Waals surface area contributed by atoms with Gasteiger partial charge < -0.3 is 5.32 Å². The van der Waals surface area contributed by atoms with E-state index in [0.29, 0.717) is 23.4 Å². The van der Waals surface area contributed by atoms with Gasteiger partial charge >= 0.3 is 0 Å². The molecule has 2 unspecified atom stereocenters. The number of benzene rings is 2. The molecule has 1 aliphatic heterocycles. The molecule has 1 fully saturated rings. The first-order valence-electron chi connectivity index (χ1n) is 7.61. The third kappa shape index (κ3) is 3.21. The molecule has 4 nitrogen and oxygen atoms in total. The van der Waals surface area contributed by atoms with Crippen LogP contribution in [0.2, 0.25) is 0 Å². The maximum absolute atomic E-state index is 12.6. The number of aryl methyl sites for hydroxylation is 1. The Morgan fingerprint density at radius 2 is 1.70 bits per heavy atom. The van der Waals surface area contributed by atoms with Gasteiger partial charge in [-0.15, -0.1) is 0 Å². The van der Waals surface area contributed by atoms with E-state index in [4.69, 9.17) is 0 Å². The Kier molecular flexibility index (Phi) is 4.33. The molecule has 0 radical (unpaired) electrons. The van der Waals surface area contributed by atoms with Gasteiger partial charge in [-0.3, -0.25) is 4.79 Å².